The van der Waals surface area contributed by atoms with E-state index in [2.05, 4.69) is 31.0 Å². The molecule has 0 unspecified atom stereocenters. The lowest BCUT2D eigenvalue weighted by atomic mass is 9.72. The van der Waals surface area contributed by atoms with Crippen molar-refractivity contribution < 1.29 is 19.1 Å². The van der Waals surface area contributed by atoms with Crippen LogP contribution in [0.25, 0.3) is 0 Å². The molecule has 3 aliphatic rings. The van der Waals surface area contributed by atoms with Crippen molar-refractivity contribution in [1.82, 2.24) is 4.90 Å². The van der Waals surface area contributed by atoms with Gasteiger partial charge in [0, 0.05) is 18.8 Å². The predicted molar refractivity (Wildman–Crippen MR) is 116 cm³/mol. The van der Waals surface area contributed by atoms with Gasteiger partial charge in [-0.05, 0) is 61.4 Å². The lowest BCUT2D eigenvalue weighted by molar-refractivity contribution is -0.163. The van der Waals surface area contributed by atoms with Crippen LogP contribution in [0.15, 0.2) is 18.2 Å². The molecule has 0 aromatic heterocycles. The number of nitrogens with zero attached hydrogens (tertiary/aromatic N) is 1. The number of likely N-dealkylation sites (tertiary alicyclic amines) is 1. The first-order valence-corrected chi connectivity index (χ1v) is 11.1. The summed E-state index contributed by atoms with van der Waals surface area (Å²) in [6.45, 7) is 7.65. The standard InChI is InChI=1S/C24H34N2O4/c1-14(2)17-8-6-15(3)10-21(17)30-22(27)19-12-26(4)13-24(19)18-11-16(29-5)7-9-20(18)25-23(24)28/h7,9,11,14-15,17,19,21H,6,8,10,12-13H2,1-5H3,(H,25,28)/t15-,17+,19-,21-,24-/m1/s1. The molecule has 1 spiro atoms. The van der Waals surface area contributed by atoms with Crippen LogP contribution < -0.4 is 10.1 Å². The number of hydrogen-bond donors (Lipinski definition) is 1. The summed E-state index contributed by atoms with van der Waals surface area (Å²) < 4.78 is 11.6. The summed E-state index contributed by atoms with van der Waals surface area (Å²) in [6.07, 6.45) is 3.11. The number of carbonyl (C=O) groups is 2. The highest BCUT2D eigenvalue weighted by Crippen LogP contribution is 2.49. The fourth-order valence-electron chi connectivity index (χ4n) is 5.81. The van der Waals surface area contributed by atoms with E-state index in [0.29, 0.717) is 36.6 Å². The maximum atomic E-state index is 13.5. The Labute approximate surface area is 179 Å². The quantitative estimate of drug-likeness (QED) is 0.765. The molecule has 4 rings (SSSR count). The number of nitrogens with one attached hydrogen (secondary N) is 1. The smallest absolute Gasteiger partial charge is 0.312 e. The molecule has 2 aliphatic heterocycles. The Morgan fingerprint density at radius 2 is 2.07 bits per heavy atom. The molecule has 1 saturated heterocycles. The van der Waals surface area contributed by atoms with E-state index in [4.69, 9.17) is 9.47 Å². The van der Waals surface area contributed by atoms with E-state index in [1.165, 1.54) is 6.42 Å². The maximum absolute atomic E-state index is 13.5. The van der Waals surface area contributed by atoms with Gasteiger partial charge in [-0.25, -0.2) is 0 Å². The summed E-state index contributed by atoms with van der Waals surface area (Å²) in [7, 11) is 3.57. The number of likely N-dealkylation sites (N-methyl/N-ethyl adjacent to an activating group) is 1. The fourth-order valence-corrected chi connectivity index (χ4v) is 5.81. The first kappa shape index (κ1) is 21.2. The van der Waals surface area contributed by atoms with Crippen LogP contribution in [0.5, 0.6) is 5.75 Å². The van der Waals surface area contributed by atoms with Crippen LogP contribution in [-0.2, 0) is 19.7 Å². The van der Waals surface area contributed by atoms with Crippen molar-refractivity contribution in [1.29, 1.82) is 0 Å². The van der Waals surface area contributed by atoms with Crippen LogP contribution in [0.1, 0.15) is 45.6 Å². The first-order chi connectivity index (χ1) is 14.3. The minimum Gasteiger partial charge on any atom is -0.497 e. The zero-order valence-electron chi connectivity index (χ0n) is 18.7. The third-order valence-electron chi connectivity index (χ3n) is 7.48. The first-order valence-electron chi connectivity index (χ1n) is 11.1. The molecule has 164 valence electrons. The highest BCUT2D eigenvalue weighted by atomic mass is 16.5. The summed E-state index contributed by atoms with van der Waals surface area (Å²) in [4.78, 5) is 28.8. The predicted octanol–water partition coefficient (Wildman–Crippen LogP) is 3.45. The SMILES string of the molecule is COc1ccc2c(c1)[C@@]1(CN(C)C[C@@H]1C(=O)O[C@@H]1C[C@H](C)CC[C@H]1C(C)C)C(=O)N2. The van der Waals surface area contributed by atoms with E-state index in [1.54, 1.807) is 7.11 Å². The van der Waals surface area contributed by atoms with Gasteiger partial charge in [0.1, 0.15) is 17.3 Å². The molecule has 1 amide bonds. The van der Waals surface area contributed by atoms with Crippen molar-refractivity contribution in [3.8, 4) is 5.75 Å². The molecule has 2 heterocycles. The van der Waals surface area contributed by atoms with Crippen LogP contribution in [0.3, 0.4) is 0 Å². The van der Waals surface area contributed by atoms with E-state index < -0.39 is 11.3 Å². The third-order valence-corrected chi connectivity index (χ3v) is 7.48. The molecule has 0 bridgehead atoms. The van der Waals surface area contributed by atoms with Crippen LogP contribution in [0, 0.1) is 23.7 Å². The zero-order chi connectivity index (χ0) is 21.6. The molecule has 6 heteroatoms. The van der Waals surface area contributed by atoms with Gasteiger partial charge in [0.25, 0.3) is 0 Å². The monoisotopic (exact) mass is 414 g/mol. The number of amides is 1. The molecule has 1 aromatic rings. The van der Waals surface area contributed by atoms with Gasteiger partial charge in [0.2, 0.25) is 5.91 Å². The third kappa shape index (κ3) is 3.39. The minimum absolute atomic E-state index is 0.0709. The number of fused-ring (bicyclic) bond motifs is 2. The highest BCUT2D eigenvalue weighted by Gasteiger charge is 2.60. The Kier molecular flexibility index (Phi) is 5.56. The van der Waals surface area contributed by atoms with Crippen molar-refractivity contribution in [3.05, 3.63) is 23.8 Å². The molecular formula is C24H34N2O4. The number of rotatable bonds is 4. The topological polar surface area (TPSA) is 67.9 Å². The largest absolute Gasteiger partial charge is 0.497 e. The molecule has 0 radical (unpaired) electrons. The van der Waals surface area contributed by atoms with Gasteiger partial charge in [0.05, 0.1) is 13.0 Å². The fraction of sp³-hybridized carbons (Fsp3) is 0.667. The molecule has 1 aliphatic carbocycles. The van der Waals surface area contributed by atoms with Gasteiger partial charge in [-0.3, -0.25) is 9.59 Å². The molecular weight excluding hydrogens is 380 g/mol. The van der Waals surface area contributed by atoms with Crippen molar-refractivity contribution in [2.75, 3.05) is 32.6 Å². The van der Waals surface area contributed by atoms with E-state index in [-0.39, 0.29) is 18.0 Å². The van der Waals surface area contributed by atoms with Crippen LogP contribution in [0.2, 0.25) is 0 Å². The number of hydrogen-bond acceptors (Lipinski definition) is 5. The number of carbonyl (C=O) groups excluding carboxylic acids is 2. The van der Waals surface area contributed by atoms with E-state index in [9.17, 15) is 9.59 Å². The summed E-state index contributed by atoms with van der Waals surface area (Å²) in [5.41, 5.74) is 0.680. The van der Waals surface area contributed by atoms with Crippen LogP contribution in [-0.4, -0.2) is 50.1 Å². The zero-order valence-corrected chi connectivity index (χ0v) is 18.7. The van der Waals surface area contributed by atoms with Crippen molar-refractivity contribution >= 4 is 17.6 Å². The number of anilines is 1. The molecule has 1 aromatic carbocycles. The summed E-state index contributed by atoms with van der Waals surface area (Å²) in [5, 5.41) is 3.00. The van der Waals surface area contributed by atoms with Gasteiger partial charge in [0.15, 0.2) is 0 Å². The Bertz CT molecular complexity index is 838. The number of methoxy groups -OCH3 is 1. The summed E-state index contributed by atoms with van der Waals surface area (Å²) in [5.74, 6) is 1.20. The lowest BCUT2D eigenvalue weighted by Gasteiger charge is -2.38. The molecule has 5 atom stereocenters. The summed E-state index contributed by atoms with van der Waals surface area (Å²) >= 11 is 0. The van der Waals surface area contributed by atoms with E-state index in [0.717, 1.165) is 24.1 Å². The second-order valence-corrected chi connectivity index (χ2v) is 9.89. The Hall–Kier alpha value is -2.08. The second kappa shape index (κ2) is 7.88. The molecule has 30 heavy (non-hydrogen) atoms. The number of ether oxygens (including phenoxy) is 2. The van der Waals surface area contributed by atoms with Gasteiger partial charge >= 0.3 is 5.97 Å². The molecule has 1 N–H and O–H groups in total. The van der Waals surface area contributed by atoms with E-state index >= 15 is 0 Å². The molecule has 1 saturated carbocycles. The van der Waals surface area contributed by atoms with Crippen molar-refractivity contribution in [3.63, 3.8) is 0 Å². The van der Waals surface area contributed by atoms with Crippen molar-refractivity contribution in [2.24, 2.45) is 23.7 Å². The Morgan fingerprint density at radius 3 is 2.77 bits per heavy atom. The highest BCUT2D eigenvalue weighted by molar-refractivity contribution is 6.09. The van der Waals surface area contributed by atoms with Gasteiger partial charge < -0.3 is 19.7 Å². The van der Waals surface area contributed by atoms with Crippen LogP contribution >= 0.6 is 0 Å². The second-order valence-electron chi connectivity index (χ2n) is 9.89. The normalized spacial score (nSPS) is 33.6. The van der Waals surface area contributed by atoms with Gasteiger partial charge in [-0.15, -0.1) is 0 Å². The molecule has 6 nitrogen and oxygen atoms in total. The average Bonchev–Trinajstić information content (AvgIpc) is 3.19. The van der Waals surface area contributed by atoms with Crippen molar-refractivity contribution in [2.45, 2.75) is 51.6 Å². The van der Waals surface area contributed by atoms with Gasteiger partial charge in [-0.1, -0.05) is 27.2 Å². The minimum atomic E-state index is -0.927. The maximum Gasteiger partial charge on any atom is 0.312 e. The van der Waals surface area contributed by atoms with E-state index in [1.807, 2.05) is 25.2 Å². The average molecular weight is 415 g/mol. The van der Waals surface area contributed by atoms with Crippen LogP contribution in [0.4, 0.5) is 5.69 Å². The molecule has 2 fully saturated rings. The summed E-state index contributed by atoms with van der Waals surface area (Å²) in [6, 6.07) is 5.59. The lowest BCUT2D eigenvalue weighted by Crippen LogP contribution is -2.47. The number of esters is 1. The Morgan fingerprint density at radius 1 is 1.30 bits per heavy atom. The van der Waals surface area contributed by atoms with Gasteiger partial charge in [-0.2, -0.15) is 0 Å². The number of benzene rings is 1. The Balaban J connectivity index is 1.65.